The zero-order valence-electron chi connectivity index (χ0n) is 13.1. The van der Waals surface area contributed by atoms with Crippen molar-refractivity contribution >= 4 is 17.9 Å². The second-order valence-corrected chi connectivity index (χ2v) is 4.54. The van der Waals surface area contributed by atoms with E-state index in [0.29, 0.717) is 0 Å². The van der Waals surface area contributed by atoms with Crippen LogP contribution >= 0.6 is 0 Å². The Kier molecular flexibility index (Phi) is 12.6. The Hall–Kier alpha value is -2.69. The highest BCUT2D eigenvalue weighted by molar-refractivity contribution is 5.73. The van der Waals surface area contributed by atoms with Gasteiger partial charge in [0.15, 0.2) is 0 Å². The van der Waals surface area contributed by atoms with Gasteiger partial charge in [0.2, 0.25) is 0 Å². The topological polar surface area (TPSA) is 210 Å². The molecule has 0 aliphatic rings. The molecule has 0 aromatic heterocycles. The van der Waals surface area contributed by atoms with E-state index in [2.05, 4.69) is 5.73 Å². The highest BCUT2D eigenvalue weighted by Gasteiger charge is 2.11. The largest absolute Gasteiger partial charge is 0.508 e. The second kappa shape index (κ2) is 12.8. The minimum Gasteiger partial charge on any atom is -0.508 e. The standard InChI is InChI=1S/C9H11NO3.C3H7NO2.C2H5NO2/c10-8(9(12)13)5-6-1-3-7(11)4-2-6;1-2(4)3(5)6;3-1-2(4)5/h1-4,8,11H,5,10H2,(H,12,13);2H,4H2,1H3,(H,5,6);1,3H2,(H,4,5)/t8-;2-;/m00./s1. The number of benzene rings is 1. The maximum Gasteiger partial charge on any atom is 0.320 e. The maximum atomic E-state index is 10.4. The van der Waals surface area contributed by atoms with Gasteiger partial charge in [0, 0.05) is 0 Å². The first-order chi connectivity index (χ1) is 11.0. The number of hydrogen-bond donors (Lipinski definition) is 7. The summed E-state index contributed by atoms with van der Waals surface area (Å²) in [5.74, 6) is -2.79. The average Bonchev–Trinajstić information content (AvgIpc) is 2.50. The fourth-order valence-electron chi connectivity index (χ4n) is 0.973. The van der Waals surface area contributed by atoms with E-state index in [1.165, 1.54) is 19.1 Å². The lowest BCUT2D eigenvalue weighted by molar-refractivity contribution is -0.139. The van der Waals surface area contributed by atoms with E-state index in [4.69, 9.17) is 31.9 Å². The molecule has 10 heteroatoms. The lowest BCUT2D eigenvalue weighted by Gasteiger charge is -2.05. The summed E-state index contributed by atoms with van der Waals surface area (Å²) in [5.41, 5.74) is 15.5. The summed E-state index contributed by atoms with van der Waals surface area (Å²) in [7, 11) is 0. The number of phenolic OH excluding ortho intramolecular Hbond substituents is 1. The number of aromatic hydroxyl groups is 1. The first-order valence-electron chi connectivity index (χ1n) is 6.67. The maximum absolute atomic E-state index is 10.4. The number of carboxylic acid groups (broad SMARTS) is 3. The molecule has 10 N–H and O–H groups in total. The number of aliphatic carboxylic acids is 3. The SMILES string of the molecule is C[C@H](N)C(=O)O.NCC(=O)O.N[C@@H](Cc1ccc(O)cc1)C(=O)O. The van der Waals surface area contributed by atoms with Crippen LogP contribution in [0.15, 0.2) is 24.3 Å². The van der Waals surface area contributed by atoms with Gasteiger partial charge in [-0.15, -0.1) is 0 Å². The Bertz CT molecular complexity index is 518. The van der Waals surface area contributed by atoms with Crippen LogP contribution in [-0.4, -0.2) is 57.0 Å². The van der Waals surface area contributed by atoms with Gasteiger partial charge in [0.25, 0.3) is 0 Å². The van der Waals surface area contributed by atoms with Crippen molar-refractivity contribution < 1.29 is 34.8 Å². The molecule has 0 saturated heterocycles. The summed E-state index contributed by atoms with van der Waals surface area (Å²) in [6.45, 7) is 1.14. The van der Waals surface area contributed by atoms with Gasteiger partial charge in [0.05, 0.1) is 6.54 Å². The lowest BCUT2D eigenvalue weighted by Crippen LogP contribution is -2.32. The molecule has 0 radical (unpaired) electrons. The van der Waals surface area contributed by atoms with E-state index in [0.717, 1.165) is 5.56 Å². The van der Waals surface area contributed by atoms with Crippen LogP contribution < -0.4 is 17.2 Å². The molecule has 0 fully saturated rings. The molecular formula is C14H23N3O7. The summed E-state index contributed by atoms with van der Waals surface area (Å²) in [5, 5.41) is 32.9. The van der Waals surface area contributed by atoms with Crippen molar-refractivity contribution in [3.63, 3.8) is 0 Å². The Morgan fingerprint density at radius 2 is 1.38 bits per heavy atom. The van der Waals surface area contributed by atoms with Gasteiger partial charge in [-0.05, 0) is 31.0 Å². The van der Waals surface area contributed by atoms with Gasteiger partial charge in [-0.1, -0.05) is 12.1 Å². The predicted octanol–water partition coefficient (Wildman–Crippen LogP) is -1.21. The Morgan fingerprint density at radius 1 is 1.00 bits per heavy atom. The van der Waals surface area contributed by atoms with Crippen LogP contribution in [0.5, 0.6) is 5.75 Å². The molecule has 24 heavy (non-hydrogen) atoms. The smallest absolute Gasteiger partial charge is 0.320 e. The van der Waals surface area contributed by atoms with Crippen LogP contribution in [0.25, 0.3) is 0 Å². The summed E-state index contributed by atoms with van der Waals surface area (Å²) >= 11 is 0. The predicted molar refractivity (Wildman–Crippen MR) is 85.4 cm³/mol. The molecule has 2 atom stereocenters. The van der Waals surface area contributed by atoms with E-state index in [1.54, 1.807) is 12.1 Å². The highest BCUT2D eigenvalue weighted by Crippen LogP contribution is 2.10. The number of rotatable bonds is 5. The third-order valence-corrected chi connectivity index (χ3v) is 2.27. The van der Waals surface area contributed by atoms with E-state index in [1.807, 2.05) is 0 Å². The Labute approximate surface area is 138 Å². The van der Waals surface area contributed by atoms with Gasteiger partial charge in [0.1, 0.15) is 17.8 Å². The van der Waals surface area contributed by atoms with Crippen molar-refractivity contribution in [3.8, 4) is 5.75 Å². The van der Waals surface area contributed by atoms with E-state index < -0.39 is 30.0 Å². The molecule has 0 saturated carbocycles. The fourth-order valence-corrected chi connectivity index (χ4v) is 0.973. The number of nitrogens with two attached hydrogens (primary N) is 3. The molecule has 1 rings (SSSR count). The normalized spacial score (nSPS) is 11.7. The van der Waals surface area contributed by atoms with E-state index in [-0.39, 0.29) is 18.7 Å². The minimum atomic E-state index is -1.02. The fraction of sp³-hybridized carbons (Fsp3) is 0.357. The van der Waals surface area contributed by atoms with Gasteiger partial charge in [-0.25, -0.2) is 0 Å². The summed E-state index contributed by atoms with van der Waals surface area (Å²) in [4.78, 5) is 29.2. The van der Waals surface area contributed by atoms with Crippen molar-refractivity contribution in [2.45, 2.75) is 25.4 Å². The van der Waals surface area contributed by atoms with Gasteiger partial charge < -0.3 is 37.6 Å². The van der Waals surface area contributed by atoms with Gasteiger partial charge in [-0.3, -0.25) is 14.4 Å². The summed E-state index contributed by atoms with van der Waals surface area (Å²) < 4.78 is 0. The Balaban J connectivity index is 0. The molecule has 0 unspecified atom stereocenters. The molecule has 0 aliphatic heterocycles. The molecule has 10 nitrogen and oxygen atoms in total. The number of carboxylic acids is 3. The molecule has 136 valence electrons. The lowest BCUT2D eigenvalue weighted by atomic mass is 10.1. The van der Waals surface area contributed by atoms with Crippen LogP contribution in [-0.2, 0) is 20.8 Å². The van der Waals surface area contributed by atoms with Crippen LogP contribution in [0.2, 0.25) is 0 Å². The van der Waals surface area contributed by atoms with Gasteiger partial charge in [-0.2, -0.15) is 0 Å². The zero-order valence-corrected chi connectivity index (χ0v) is 13.1. The molecular weight excluding hydrogens is 322 g/mol. The van der Waals surface area contributed by atoms with Crippen molar-refractivity contribution in [1.29, 1.82) is 0 Å². The first-order valence-corrected chi connectivity index (χ1v) is 6.67. The molecule has 0 amide bonds. The van der Waals surface area contributed by atoms with Crippen molar-refractivity contribution in [3.05, 3.63) is 29.8 Å². The molecule has 1 aromatic rings. The monoisotopic (exact) mass is 345 g/mol. The first kappa shape index (κ1) is 23.6. The quantitative estimate of drug-likeness (QED) is 0.338. The third kappa shape index (κ3) is 14.3. The average molecular weight is 345 g/mol. The molecule has 0 bridgehead atoms. The van der Waals surface area contributed by atoms with Crippen LogP contribution in [0.1, 0.15) is 12.5 Å². The molecule has 0 spiro atoms. The van der Waals surface area contributed by atoms with Crippen molar-refractivity contribution in [2.75, 3.05) is 6.54 Å². The van der Waals surface area contributed by atoms with E-state index in [9.17, 15) is 14.4 Å². The minimum absolute atomic E-state index is 0.160. The van der Waals surface area contributed by atoms with Crippen molar-refractivity contribution in [2.24, 2.45) is 17.2 Å². The zero-order chi connectivity index (χ0) is 19.3. The molecule has 0 aliphatic carbocycles. The Morgan fingerprint density at radius 3 is 1.62 bits per heavy atom. The highest BCUT2D eigenvalue weighted by atomic mass is 16.4. The third-order valence-electron chi connectivity index (χ3n) is 2.27. The summed E-state index contributed by atoms with van der Waals surface area (Å²) in [6.07, 6.45) is 0.273. The van der Waals surface area contributed by atoms with Gasteiger partial charge >= 0.3 is 17.9 Å². The summed E-state index contributed by atoms with van der Waals surface area (Å²) in [6, 6.07) is 4.69. The number of hydrogen-bond acceptors (Lipinski definition) is 7. The number of carbonyl (C=O) groups is 3. The molecule has 0 heterocycles. The van der Waals surface area contributed by atoms with Crippen LogP contribution in [0.4, 0.5) is 0 Å². The molecule has 1 aromatic carbocycles. The van der Waals surface area contributed by atoms with Crippen LogP contribution in [0.3, 0.4) is 0 Å². The number of phenols is 1. The van der Waals surface area contributed by atoms with E-state index >= 15 is 0 Å². The second-order valence-electron chi connectivity index (χ2n) is 4.54. The van der Waals surface area contributed by atoms with Crippen molar-refractivity contribution in [1.82, 2.24) is 0 Å². The van der Waals surface area contributed by atoms with Crippen LogP contribution in [0, 0.1) is 0 Å².